The molecule has 1 fully saturated rings. The Kier molecular flexibility index (Phi) is 4.24. The lowest BCUT2D eigenvalue weighted by Gasteiger charge is -2.32. The lowest BCUT2D eigenvalue weighted by Crippen LogP contribution is -2.38. The van der Waals surface area contributed by atoms with Crippen LogP contribution in [0.1, 0.15) is 23.2 Å². The molecule has 8 heteroatoms. The smallest absolute Gasteiger partial charge is 0.335 e. The molecule has 1 aromatic carbocycles. The Bertz CT molecular complexity index is 563. The highest BCUT2D eigenvalue weighted by molar-refractivity contribution is 9.10. The molecule has 0 bridgehead atoms. The number of hydrogen-bond acceptors (Lipinski definition) is 5. The van der Waals surface area contributed by atoms with Crippen LogP contribution >= 0.6 is 15.9 Å². The molecule has 0 aromatic heterocycles. The van der Waals surface area contributed by atoms with Crippen molar-refractivity contribution in [1.29, 1.82) is 0 Å². The molecule has 1 aromatic rings. The maximum absolute atomic E-state index is 11.2. The van der Waals surface area contributed by atoms with E-state index < -0.39 is 17.0 Å². The second kappa shape index (κ2) is 5.76. The van der Waals surface area contributed by atoms with Crippen molar-refractivity contribution in [1.82, 2.24) is 0 Å². The summed E-state index contributed by atoms with van der Waals surface area (Å²) < 4.78 is 0.346. The Morgan fingerprint density at radius 1 is 1.50 bits per heavy atom. The number of anilines is 1. The van der Waals surface area contributed by atoms with Crippen molar-refractivity contribution < 1.29 is 19.9 Å². The van der Waals surface area contributed by atoms with Gasteiger partial charge in [-0.25, -0.2) is 4.79 Å². The van der Waals surface area contributed by atoms with E-state index in [0.29, 0.717) is 29.7 Å². The third-order valence-electron chi connectivity index (χ3n) is 3.20. The third kappa shape index (κ3) is 2.91. The summed E-state index contributed by atoms with van der Waals surface area (Å²) in [5.74, 6) is -1.22. The van der Waals surface area contributed by atoms with Gasteiger partial charge in [0.1, 0.15) is 5.69 Å². The fraction of sp³-hybridized carbons (Fsp3) is 0.417. The average Bonchev–Trinajstić information content (AvgIpc) is 2.37. The molecular formula is C12H13BrN2O5. The number of nitro benzene ring substituents is 1. The van der Waals surface area contributed by atoms with Gasteiger partial charge in [0.15, 0.2) is 0 Å². The highest BCUT2D eigenvalue weighted by Gasteiger charge is 2.28. The molecule has 0 spiro atoms. The number of carboxylic acids is 1. The van der Waals surface area contributed by atoms with Gasteiger partial charge in [-0.15, -0.1) is 0 Å². The van der Waals surface area contributed by atoms with Crippen LogP contribution in [0.3, 0.4) is 0 Å². The van der Waals surface area contributed by atoms with E-state index in [2.05, 4.69) is 15.9 Å². The highest BCUT2D eigenvalue weighted by Crippen LogP contribution is 2.38. The lowest BCUT2D eigenvalue weighted by molar-refractivity contribution is -0.384. The van der Waals surface area contributed by atoms with E-state index in [1.54, 1.807) is 4.90 Å². The first-order valence-corrected chi connectivity index (χ1v) is 6.83. The van der Waals surface area contributed by atoms with Gasteiger partial charge in [0.25, 0.3) is 5.69 Å². The van der Waals surface area contributed by atoms with Crippen molar-refractivity contribution in [3.05, 3.63) is 32.3 Å². The van der Waals surface area contributed by atoms with E-state index in [9.17, 15) is 20.0 Å². The van der Waals surface area contributed by atoms with Crippen LogP contribution in [-0.4, -0.2) is 40.3 Å². The van der Waals surface area contributed by atoms with Crippen LogP contribution in [0.2, 0.25) is 0 Å². The highest BCUT2D eigenvalue weighted by atomic mass is 79.9. The summed E-state index contributed by atoms with van der Waals surface area (Å²) in [6, 6.07) is 2.38. The summed E-state index contributed by atoms with van der Waals surface area (Å²) in [5.41, 5.74) is -0.102. The molecule has 2 rings (SSSR count). The monoisotopic (exact) mass is 344 g/mol. The van der Waals surface area contributed by atoms with E-state index in [1.165, 1.54) is 6.07 Å². The van der Waals surface area contributed by atoms with Crippen molar-refractivity contribution in [3.63, 3.8) is 0 Å². The molecule has 20 heavy (non-hydrogen) atoms. The summed E-state index contributed by atoms with van der Waals surface area (Å²) in [7, 11) is 0. The van der Waals surface area contributed by atoms with Gasteiger partial charge in [-0.1, -0.05) is 0 Å². The average molecular weight is 345 g/mol. The van der Waals surface area contributed by atoms with E-state index in [1.807, 2.05) is 0 Å². The van der Waals surface area contributed by atoms with Crippen LogP contribution in [0.15, 0.2) is 16.6 Å². The van der Waals surface area contributed by atoms with Gasteiger partial charge in [0.05, 0.1) is 16.6 Å². The second-order valence-corrected chi connectivity index (χ2v) is 5.48. The number of aliphatic hydroxyl groups is 1. The maximum Gasteiger partial charge on any atom is 0.335 e. The maximum atomic E-state index is 11.2. The largest absolute Gasteiger partial charge is 0.478 e. The first-order chi connectivity index (χ1) is 9.40. The number of hydrogen-bond donors (Lipinski definition) is 2. The molecule has 1 heterocycles. The van der Waals surface area contributed by atoms with Crippen molar-refractivity contribution in [2.75, 3.05) is 18.0 Å². The fourth-order valence-electron chi connectivity index (χ4n) is 2.32. The molecule has 1 saturated heterocycles. The number of β-amino-alcohol motifs (C(OH)–C–C–N with tert-alkyl or cyclic N) is 1. The first-order valence-electron chi connectivity index (χ1n) is 6.04. The number of halogens is 1. The van der Waals surface area contributed by atoms with Crippen molar-refractivity contribution in [3.8, 4) is 0 Å². The quantitative estimate of drug-likeness (QED) is 0.642. The van der Waals surface area contributed by atoms with Crippen LogP contribution in [0.4, 0.5) is 11.4 Å². The van der Waals surface area contributed by atoms with Crippen molar-refractivity contribution in [2.24, 2.45) is 0 Å². The summed E-state index contributed by atoms with van der Waals surface area (Å²) in [5, 5.41) is 29.8. The van der Waals surface area contributed by atoms with Crippen LogP contribution < -0.4 is 4.90 Å². The van der Waals surface area contributed by atoms with Crippen molar-refractivity contribution >= 4 is 33.3 Å². The molecule has 108 valence electrons. The van der Waals surface area contributed by atoms with Gasteiger partial charge >= 0.3 is 5.97 Å². The minimum Gasteiger partial charge on any atom is -0.478 e. The Hall–Kier alpha value is -1.67. The number of carboxylic acid groups (broad SMARTS) is 1. The molecule has 0 unspecified atom stereocenters. The number of nitrogens with zero attached hydrogens (tertiary/aromatic N) is 2. The molecule has 1 atom stereocenters. The van der Waals surface area contributed by atoms with E-state index in [0.717, 1.165) is 12.5 Å². The standard InChI is InChI=1S/C12H13BrN2O5/c13-9-4-7(12(17)18)5-10(15(19)20)11(9)14-3-1-2-8(16)6-14/h4-5,8,16H,1-3,6H2,(H,17,18)/t8-/m1/s1. The van der Waals surface area contributed by atoms with Crippen LogP contribution in [0.5, 0.6) is 0 Å². The Balaban J connectivity index is 2.50. The van der Waals surface area contributed by atoms with Gasteiger partial charge in [-0.2, -0.15) is 0 Å². The zero-order valence-electron chi connectivity index (χ0n) is 10.5. The molecular weight excluding hydrogens is 332 g/mol. The van der Waals surface area contributed by atoms with Gasteiger partial charge in [-0.3, -0.25) is 10.1 Å². The Morgan fingerprint density at radius 3 is 2.75 bits per heavy atom. The normalized spacial score (nSPS) is 18.9. The number of benzene rings is 1. The number of nitro groups is 1. The third-order valence-corrected chi connectivity index (χ3v) is 3.80. The molecule has 0 aliphatic carbocycles. The summed E-state index contributed by atoms with van der Waals surface area (Å²) in [4.78, 5) is 23.3. The second-order valence-electron chi connectivity index (χ2n) is 4.63. The topological polar surface area (TPSA) is 104 Å². The first kappa shape index (κ1) is 14.7. The molecule has 7 nitrogen and oxygen atoms in total. The van der Waals surface area contributed by atoms with Crippen LogP contribution in [0, 0.1) is 10.1 Å². The number of piperidine rings is 1. The van der Waals surface area contributed by atoms with Gasteiger partial charge in [0.2, 0.25) is 0 Å². The zero-order chi connectivity index (χ0) is 14.9. The predicted octanol–water partition coefficient (Wildman–Crippen LogP) is 2.02. The number of aliphatic hydroxyl groups excluding tert-OH is 1. The number of carbonyl (C=O) groups is 1. The lowest BCUT2D eigenvalue weighted by atomic mass is 10.1. The predicted molar refractivity (Wildman–Crippen MR) is 75.2 cm³/mol. The molecule has 2 N–H and O–H groups in total. The minimum absolute atomic E-state index is 0.148. The van der Waals surface area contributed by atoms with Gasteiger partial charge in [-0.05, 0) is 34.8 Å². The van der Waals surface area contributed by atoms with Crippen LogP contribution in [0.25, 0.3) is 0 Å². The molecule has 1 aliphatic rings. The molecule has 0 amide bonds. The van der Waals surface area contributed by atoms with Gasteiger partial charge in [0, 0.05) is 23.6 Å². The van der Waals surface area contributed by atoms with Crippen LogP contribution in [-0.2, 0) is 0 Å². The zero-order valence-corrected chi connectivity index (χ0v) is 12.0. The van der Waals surface area contributed by atoms with E-state index in [-0.39, 0.29) is 11.3 Å². The molecule has 0 saturated carbocycles. The summed E-state index contributed by atoms with van der Waals surface area (Å²) in [6.07, 6.45) is 0.856. The number of aromatic carboxylic acids is 1. The van der Waals surface area contributed by atoms with E-state index >= 15 is 0 Å². The number of rotatable bonds is 3. The Labute approximate surface area is 123 Å². The van der Waals surface area contributed by atoms with Gasteiger partial charge < -0.3 is 15.1 Å². The Morgan fingerprint density at radius 2 is 2.20 bits per heavy atom. The summed E-state index contributed by atoms with van der Waals surface area (Å²) >= 11 is 3.20. The van der Waals surface area contributed by atoms with E-state index in [4.69, 9.17) is 5.11 Å². The molecule has 1 aliphatic heterocycles. The minimum atomic E-state index is -1.22. The molecule has 0 radical (unpaired) electrons. The SMILES string of the molecule is O=C(O)c1cc(Br)c(N2CCC[C@@H](O)C2)c([N+](=O)[O-])c1. The summed E-state index contributed by atoms with van der Waals surface area (Å²) in [6.45, 7) is 0.884. The fourth-order valence-corrected chi connectivity index (χ4v) is 3.02. The van der Waals surface area contributed by atoms with Crippen molar-refractivity contribution in [2.45, 2.75) is 18.9 Å².